The maximum absolute atomic E-state index is 5.99. The molecule has 3 aromatic rings. The molecule has 1 unspecified atom stereocenters. The van der Waals surface area contributed by atoms with Crippen LogP contribution < -0.4 is 5.73 Å². The van der Waals surface area contributed by atoms with Crippen LogP contribution >= 0.6 is 0 Å². The molecule has 1 aliphatic carbocycles. The molecule has 0 amide bonds. The number of nitrogens with zero attached hydrogens (tertiary/aromatic N) is 3. The van der Waals surface area contributed by atoms with Crippen LogP contribution in [0.25, 0.3) is 10.9 Å². The minimum absolute atomic E-state index is 0.372. The van der Waals surface area contributed by atoms with Crippen molar-refractivity contribution in [3.05, 3.63) is 53.3 Å². The van der Waals surface area contributed by atoms with Crippen LogP contribution in [0.1, 0.15) is 29.2 Å². The third-order valence-corrected chi connectivity index (χ3v) is 4.27. The van der Waals surface area contributed by atoms with Gasteiger partial charge in [-0.15, -0.1) is 0 Å². The van der Waals surface area contributed by atoms with Crippen molar-refractivity contribution in [1.82, 2.24) is 14.8 Å². The number of rotatable bonds is 1. The summed E-state index contributed by atoms with van der Waals surface area (Å²) in [5, 5.41) is 5.85. The zero-order chi connectivity index (χ0) is 13.7. The van der Waals surface area contributed by atoms with Crippen LogP contribution in [-0.2, 0) is 13.5 Å². The number of aromatic nitrogens is 3. The first-order chi connectivity index (χ1) is 9.75. The lowest BCUT2D eigenvalue weighted by Gasteiger charge is -2.09. The van der Waals surface area contributed by atoms with Crippen LogP contribution in [0.4, 0.5) is 5.82 Å². The number of nitrogens with two attached hydrogens (primary N) is 1. The first-order valence-electron chi connectivity index (χ1n) is 6.90. The van der Waals surface area contributed by atoms with E-state index in [9.17, 15) is 0 Å². The molecule has 1 aliphatic rings. The summed E-state index contributed by atoms with van der Waals surface area (Å²) in [6, 6.07) is 10.7. The number of nitrogen functional groups attached to an aromatic ring is 1. The minimum atomic E-state index is 0.372. The predicted octanol–water partition coefficient (Wildman–Crippen LogP) is 2.63. The van der Waals surface area contributed by atoms with Gasteiger partial charge in [0, 0.05) is 24.5 Å². The zero-order valence-electron chi connectivity index (χ0n) is 11.4. The smallest absolute Gasteiger partial charge is 0.149 e. The van der Waals surface area contributed by atoms with Gasteiger partial charge in [-0.25, -0.2) is 4.98 Å². The molecule has 0 saturated heterocycles. The second kappa shape index (κ2) is 4.07. The summed E-state index contributed by atoms with van der Waals surface area (Å²) in [5.41, 5.74) is 10.9. The second-order valence-electron chi connectivity index (χ2n) is 5.39. The molecule has 0 bridgehead atoms. The molecule has 100 valence electrons. The van der Waals surface area contributed by atoms with Crippen molar-refractivity contribution in [3.8, 4) is 0 Å². The Kier molecular flexibility index (Phi) is 2.33. The lowest BCUT2D eigenvalue weighted by atomic mass is 9.96. The van der Waals surface area contributed by atoms with Gasteiger partial charge in [0.05, 0.1) is 5.69 Å². The summed E-state index contributed by atoms with van der Waals surface area (Å²) in [7, 11) is 1.94. The number of hydrogen-bond acceptors (Lipinski definition) is 3. The Hall–Kier alpha value is -2.36. The number of fused-ring (bicyclic) bond motifs is 2. The lowest BCUT2D eigenvalue weighted by Crippen LogP contribution is -1.99. The fourth-order valence-corrected chi connectivity index (χ4v) is 3.38. The SMILES string of the molecule is Cn1nc(C2CCc3ccccc32)c2ccnc(N)c21. The summed E-state index contributed by atoms with van der Waals surface area (Å²) in [6.07, 6.45) is 4.01. The highest BCUT2D eigenvalue weighted by Crippen LogP contribution is 2.40. The first-order valence-corrected chi connectivity index (χ1v) is 6.90. The number of pyridine rings is 1. The van der Waals surface area contributed by atoms with Crippen LogP contribution in [0.5, 0.6) is 0 Å². The van der Waals surface area contributed by atoms with E-state index < -0.39 is 0 Å². The molecule has 4 rings (SSSR count). The topological polar surface area (TPSA) is 56.7 Å². The number of aryl methyl sites for hydroxylation is 2. The van der Waals surface area contributed by atoms with Gasteiger partial charge in [-0.05, 0) is 30.0 Å². The fraction of sp³-hybridized carbons (Fsp3) is 0.250. The van der Waals surface area contributed by atoms with Gasteiger partial charge in [0.1, 0.15) is 11.3 Å². The van der Waals surface area contributed by atoms with E-state index in [1.165, 1.54) is 11.1 Å². The average molecular weight is 264 g/mol. The maximum atomic E-state index is 5.99. The van der Waals surface area contributed by atoms with Gasteiger partial charge in [-0.1, -0.05) is 24.3 Å². The van der Waals surface area contributed by atoms with Crippen molar-refractivity contribution in [2.45, 2.75) is 18.8 Å². The highest BCUT2D eigenvalue weighted by molar-refractivity contribution is 5.90. The van der Waals surface area contributed by atoms with E-state index in [0.29, 0.717) is 11.7 Å². The van der Waals surface area contributed by atoms with Crippen molar-refractivity contribution in [3.63, 3.8) is 0 Å². The van der Waals surface area contributed by atoms with Gasteiger partial charge in [0.15, 0.2) is 0 Å². The molecule has 2 heterocycles. The van der Waals surface area contributed by atoms with Gasteiger partial charge in [0.2, 0.25) is 0 Å². The van der Waals surface area contributed by atoms with Gasteiger partial charge >= 0.3 is 0 Å². The summed E-state index contributed by atoms with van der Waals surface area (Å²) < 4.78 is 1.86. The quantitative estimate of drug-likeness (QED) is 0.735. The van der Waals surface area contributed by atoms with E-state index in [2.05, 4.69) is 29.2 Å². The van der Waals surface area contributed by atoms with Crippen LogP contribution in [0, 0.1) is 0 Å². The van der Waals surface area contributed by atoms with Gasteiger partial charge < -0.3 is 5.73 Å². The normalized spacial score (nSPS) is 17.6. The van der Waals surface area contributed by atoms with E-state index in [1.54, 1.807) is 6.20 Å². The largest absolute Gasteiger partial charge is 0.382 e. The molecule has 1 atom stereocenters. The summed E-state index contributed by atoms with van der Waals surface area (Å²) >= 11 is 0. The highest BCUT2D eigenvalue weighted by atomic mass is 15.3. The first kappa shape index (κ1) is 11.5. The molecular weight excluding hydrogens is 248 g/mol. The Morgan fingerprint density at radius 2 is 2.10 bits per heavy atom. The van der Waals surface area contributed by atoms with E-state index in [-0.39, 0.29) is 0 Å². The molecule has 4 nitrogen and oxygen atoms in total. The van der Waals surface area contributed by atoms with E-state index in [0.717, 1.165) is 29.4 Å². The summed E-state index contributed by atoms with van der Waals surface area (Å²) in [6.45, 7) is 0. The predicted molar refractivity (Wildman–Crippen MR) is 79.5 cm³/mol. The van der Waals surface area contributed by atoms with Crippen LogP contribution in [0.2, 0.25) is 0 Å². The van der Waals surface area contributed by atoms with Crippen molar-refractivity contribution in [2.75, 3.05) is 5.73 Å². The number of hydrogen-bond donors (Lipinski definition) is 1. The molecule has 2 aromatic heterocycles. The van der Waals surface area contributed by atoms with E-state index in [1.807, 2.05) is 17.8 Å². The molecule has 0 aliphatic heterocycles. The molecule has 4 heteroatoms. The Bertz CT molecular complexity index is 803. The van der Waals surface area contributed by atoms with Crippen molar-refractivity contribution < 1.29 is 0 Å². The monoisotopic (exact) mass is 264 g/mol. The number of benzene rings is 1. The maximum Gasteiger partial charge on any atom is 0.149 e. The Labute approximate surface area is 117 Å². The van der Waals surface area contributed by atoms with E-state index >= 15 is 0 Å². The average Bonchev–Trinajstić information content (AvgIpc) is 3.01. The Morgan fingerprint density at radius 3 is 3.00 bits per heavy atom. The molecule has 0 fully saturated rings. The molecule has 2 N–H and O–H groups in total. The van der Waals surface area contributed by atoms with E-state index in [4.69, 9.17) is 10.8 Å². The second-order valence-corrected chi connectivity index (χ2v) is 5.39. The molecule has 20 heavy (non-hydrogen) atoms. The third kappa shape index (κ3) is 1.48. The number of anilines is 1. The van der Waals surface area contributed by atoms with Crippen molar-refractivity contribution >= 4 is 16.7 Å². The third-order valence-electron chi connectivity index (χ3n) is 4.27. The van der Waals surface area contributed by atoms with Crippen molar-refractivity contribution in [2.24, 2.45) is 7.05 Å². The lowest BCUT2D eigenvalue weighted by molar-refractivity contribution is 0.708. The molecule has 0 spiro atoms. The molecular formula is C16H16N4. The Balaban J connectivity index is 1.95. The van der Waals surface area contributed by atoms with Gasteiger partial charge in [0.25, 0.3) is 0 Å². The van der Waals surface area contributed by atoms with Gasteiger partial charge in [-0.2, -0.15) is 5.10 Å². The molecule has 0 radical (unpaired) electrons. The standard InChI is InChI=1S/C16H16N4/c1-20-15-13(8-9-18-16(15)17)14(19-20)12-7-6-10-4-2-3-5-11(10)12/h2-5,8-9,12H,6-7H2,1H3,(H2,17,18). The highest BCUT2D eigenvalue weighted by Gasteiger charge is 2.28. The Morgan fingerprint density at radius 1 is 1.25 bits per heavy atom. The van der Waals surface area contributed by atoms with Crippen LogP contribution in [-0.4, -0.2) is 14.8 Å². The molecule has 1 aromatic carbocycles. The fourth-order valence-electron chi connectivity index (χ4n) is 3.38. The van der Waals surface area contributed by atoms with Crippen LogP contribution in [0.3, 0.4) is 0 Å². The van der Waals surface area contributed by atoms with Crippen LogP contribution in [0.15, 0.2) is 36.5 Å². The zero-order valence-corrected chi connectivity index (χ0v) is 11.4. The summed E-state index contributed by atoms with van der Waals surface area (Å²) in [5.74, 6) is 0.923. The minimum Gasteiger partial charge on any atom is -0.382 e. The molecule has 0 saturated carbocycles. The van der Waals surface area contributed by atoms with Gasteiger partial charge in [-0.3, -0.25) is 4.68 Å². The van der Waals surface area contributed by atoms with Crippen molar-refractivity contribution in [1.29, 1.82) is 0 Å². The summed E-state index contributed by atoms with van der Waals surface area (Å²) in [4.78, 5) is 4.17.